The third kappa shape index (κ3) is 5.63. The van der Waals surface area contributed by atoms with Crippen LogP contribution in [0.25, 0.3) is 0 Å². The van der Waals surface area contributed by atoms with E-state index in [1.807, 2.05) is 0 Å². The van der Waals surface area contributed by atoms with E-state index >= 15 is 0 Å². The molecule has 0 aliphatic carbocycles. The molecule has 1 aromatic heterocycles. The van der Waals surface area contributed by atoms with E-state index in [1.165, 1.54) is 5.69 Å². The molecule has 0 aliphatic heterocycles. The maximum Gasteiger partial charge on any atom is 0.0640 e. The summed E-state index contributed by atoms with van der Waals surface area (Å²) in [5.41, 5.74) is 1.18. The number of rotatable bonds is 10. The second-order valence-electron chi connectivity index (χ2n) is 5.63. The molecule has 1 aromatic rings. The van der Waals surface area contributed by atoms with Crippen molar-refractivity contribution in [2.45, 2.75) is 71.6 Å². The summed E-state index contributed by atoms with van der Waals surface area (Å²) in [6, 6.07) is 3.11. The molecule has 1 heterocycles. The van der Waals surface area contributed by atoms with Gasteiger partial charge in [-0.15, -0.1) is 0 Å². The number of nitrogens with zero attached hydrogens (tertiary/aromatic N) is 2. The third-order valence-electron chi connectivity index (χ3n) is 3.98. The van der Waals surface area contributed by atoms with Crippen molar-refractivity contribution in [3.8, 4) is 0 Å². The lowest BCUT2D eigenvalue weighted by molar-refractivity contribution is 0.106. The van der Waals surface area contributed by atoms with Gasteiger partial charge in [-0.3, -0.25) is 4.68 Å². The Morgan fingerprint density at radius 1 is 1.30 bits per heavy atom. The highest BCUT2D eigenvalue weighted by Crippen LogP contribution is 2.12. The van der Waals surface area contributed by atoms with E-state index in [2.05, 4.69) is 50.0 Å². The predicted octanol–water partition coefficient (Wildman–Crippen LogP) is 3.19. The third-order valence-corrected chi connectivity index (χ3v) is 3.98. The summed E-state index contributed by atoms with van der Waals surface area (Å²) in [5, 5.41) is 8.25. The minimum atomic E-state index is 0.328. The minimum absolute atomic E-state index is 0.328. The highest BCUT2D eigenvalue weighted by atomic mass is 16.5. The Hall–Kier alpha value is -0.870. The summed E-state index contributed by atoms with van der Waals surface area (Å²) in [5.74, 6) is 0. The molecule has 4 nitrogen and oxygen atoms in total. The zero-order chi connectivity index (χ0) is 15.0. The molecule has 1 rings (SSSR count). The van der Waals surface area contributed by atoms with Crippen LogP contribution in [0.5, 0.6) is 0 Å². The van der Waals surface area contributed by atoms with Gasteiger partial charge in [0, 0.05) is 31.8 Å². The number of hydrogen-bond donors (Lipinski definition) is 1. The lowest BCUT2D eigenvalue weighted by atomic mass is 10.0. The van der Waals surface area contributed by atoms with E-state index < -0.39 is 0 Å². The van der Waals surface area contributed by atoms with Crippen molar-refractivity contribution < 1.29 is 4.74 Å². The average Bonchev–Trinajstić information content (AvgIpc) is 2.92. The fraction of sp³-hybridized carbons (Fsp3) is 0.812. The first-order chi connectivity index (χ1) is 9.60. The average molecular weight is 281 g/mol. The van der Waals surface area contributed by atoms with Crippen LogP contribution in [0.4, 0.5) is 0 Å². The molecule has 4 heteroatoms. The number of hydrogen-bond acceptors (Lipinski definition) is 3. The van der Waals surface area contributed by atoms with Gasteiger partial charge in [0.15, 0.2) is 0 Å². The number of aromatic nitrogens is 2. The molecule has 1 N–H and O–H groups in total. The molecule has 0 radical (unpaired) electrons. The van der Waals surface area contributed by atoms with Crippen LogP contribution in [0.15, 0.2) is 12.3 Å². The molecule has 3 atom stereocenters. The fourth-order valence-electron chi connectivity index (χ4n) is 2.29. The van der Waals surface area contributed by atoms with Gasteiger partial charge < -0.3 is 10.1 Å². The van der Waals surface area contributed by atoms with E-state index in [-0.39, 0.29) is 0 Å². The van der Waals surface area contributed by atoms with Crippen LogP contribution in [0.3, 0.4) is 0 Å². The Kier molecular flexibility index (Phi) is 7.85. The highest BCUT2D eigenvalue weighted by molar-refractivity contribution is 5.02. The van der Waals surface area contributed by atoms with Crippen LogP contribution >= 0.6 is 0 Å². The van der Waals surface area contributed by atoms with Crippen LogP contribution in [-0.2, 0) is 11.2 Å². The van der Waals surface area contributed by atoms with Crippen LogP contribution in [0, 0.1) is 0 Å². The second kappa shape index (κ2) is 9.14. The lowest BCUT2D eigenvalue weighted by Gasteiger charge is -2.19. The van der Waals surface area contributed by atoms with E-state index in [9.17, 15) is 0 Å². The van der Waals surface area contributed by atoms with Crippen molar-refractivity contribution in [3.63, 3.8) is 0 Å². The Morgan fingerprint density at radius 2 is 2.05 bits per heavy atom. The van der Waals surface area contributed by atoms with Gasteiger partial charge in [-0.1, -0.05) is 13.8 Å². The number of likely N-dealkylation sites (N-methyl/N-ethyl adjacent to an activating group) is 1. The highest BCUT2D eigenvalue weighted by Gasteiger charge is 2.13. The number of ether oxygens (including phenoxy) is 1. The van der Waals surface area contributed by atoms with Crippen molar-refractivity contribution >= 4 is 0 Å². The van der Waals surface area contributed by atoms with Gasteiger partial charge in [-0.05, 0) is 45.7 Å². The zero-order valence-corrected chi connectivity index (χ0v) is 13.7. The van der Waals surface area contributed by atoms with Crippen molar-refractivity contribution in [2.24, 2.45) is 0 Å². The standard InChI is InChI=1S/C16H31N3O/c1-6-13(3)19-11-10-16(18-19)12-15(17-7-2)9-8-14(4)20-5/h10-11,13-15,17H,6-9,12H2,1-5H3. The van der Waals surface area contributed by atoms with E-state index in [4.69, 9.17) is 9.84 Å². The number of nitrogens with one attached hydrogen (secondary N) is 1. The summed E-state index contributed by atoms with van der Waals surface area (Å²) in [7, 11) is 1.78. The van der Waals surface area contributed by atoms with Gasteiger partial charge in [0.05, 0.1) is 11.8 Å². The first-order valence-corrected chi connectivity index (χ1v) is 7.90. The Balaban J connectivity index is 2.54. The molecule has 0 aromatic carbocycles. The molecule has 0 spiro atoms. The SMILES string of the molecule is CCNC(CCC(C)OC)Cc1ccn(C(C)CC)n1. The largest absolute Gasteiger partial charge is 0.382 e. The van der Waals surface area contributed by atoms with Crippen molar-refractivity contribution in [1.29, 1.82) is 0 Å². The molecule has 0 bridgehead atoms. The molecular formula is C16H31N3O. The molecule has 0 aliphatic rings. The van der Waals surface area contributed by atoms with Gasteiger partial charge in [-0.25, -0.2) is 0 Å². The van der Waals surface area contributed by atoms with Gasteiger partial charge in [0.1, 0.15) is 0 Å². The first kappa shape index (κ1) is 17.2. The number of methoxy groups -OCH3 is 1. The molecule has 20 heavy (non-hydrogen) atoms. The Labute approximate surface area is 123 Å². The first-order valence-electron chi connectivity index (χ1n) is 7.90. The summed E-state index contributed by atoms with van der Waals surface area (Å²) >= 11 is 0. The second-order valence-corrected chi connectivity index (χ2v) is 5.63. The van der Waals surface area contributed by atoms with Gasteiger partial charge >= 0.3 is 0 Å². The van der Waals surface area contributed by atoms with Crippen LogP contribution < -0.4 is 5.32 Å². The van der Waals surface area contributed by atoms with Crippen LogP contribution in [0.1, 0.15) is 58.7 Å². The van der Waals surface area contributed by atoms with Crippen LogP contribution in [0.2, 0.25) is 0 Å². The van der Waals surface area contributed by atoms with E-state index in [1.54, 1.807) is 7.11 Å². The normalized spacial score (nSPS) is 16.1. The topological polar surface area (TPSA) is 39.1 Å². The maximum atomic E-state index is 5.33. The maximum absolute atomic E-state index is 5.33. The molecule has 0 saturated heterocycles. The predicted molar refractivity (Wildman–Crippen MR) is 84.1 cm³/mol. The van der Waals surface area contributed by atoms with E-state index in [0.29, 0.717) is 18.2 Å². The molecule has 3 unspecified atom stereocenters. The molecule has 0 fully saturated rings. The molecule has 116 valence electrons. The van der Waals surface area contributed by atoms with Crippen molar-refractivity contribution in [1.82, 2.24) is 15.1 Å². The lowest BCUT2D eigenvalue weighted by Crippen LogP contribution is -2.32. The van der Waals surface area contributed by atoms with Crippen molar-refractivity contribution in [2.75, 3.05) is 13.7 Å². The monoisotopic (exact) mass is 281 g/mol. The summed E-state index contributed by atoms with van der Waals surface area (Å²) in [4.78, 5) is 0. The zero-order valence-electron chi connectivity index (χ0n) is 13.7. The summed E-state index contributed by atoms with van der Waals surface area (Å²) in [6.45, 7) is 9.68. The molecular weight excluding hydrogens is 250 g/mol. The van der Waals surface area contributed by atoms with Gasteiger partial charge in [0.2, 0.25) is 0 Å². The fourth-order valence-corrected chi connectivity index (χ4v) is 2.29. The Bertz CT molecular complexity index is 364. The molecule has 0 amide bonds. The quantitative estimate of drug-likeness (QED) is 0.716. The van der Waals surface area contributed by atoms with Gasteiger partial charge in [-0.2, -0.15) is 5.10 Å². The molecule has 0 saturated carbocycles. The van der Waals surface area contributed by atoms with Crippen LogP contribution in [-0.4, -0.2) is 35.6 Å². The van der Waals surface area contributed by atoms with E-state index in [0.717, 1.165) is 32.2 Å². The van der Waals surface area contributed by atoms with Gasteiger partial charge in [0.25, 0.3) is 0 Å². The summed E-state index contributed by atoms with van der Waals surface area (Å²) in [6.07, 6.45) is 6.74. The van der Waals surface area contributed by atoms with Crippen molar-refractivity contribution in [3.05, 3.63) is 18.0 Å². The minimum Gasteiger partial charge on any atom is -0.382 e. The smallest absolute Gasteiger partial charge is 0.0640 e. The Morgan fingerprint density at radius 3 is 2.65 bits per heavy atom. The summed E-state index contributed by atoms with van der Waals surface area (Å²) < 4.78 is 7.41.